The number of ether oxygens (including phenoxy) is 2. The topological polar surface area (TPSA) is 103 Å². The van der Waals surface area contributed by atoms with Crippen molar-refractivity contribution in [3.63, 3.8) is 0 Å². The molecule has 2 amide bonds. The molecule has 1 aromatic carbocycles. The quantitative estimate of drug-likeness (QED) is 0.644. The highest BCUT2D eigenvalue weighted by atomic mass is 16.5. The monoisotopic (exact) mass is 388 g/mol. The zero-order valence-electron chi connectivity index (χ0n) is 16.2. The van der Waals surface area contributed by atoms with Crippen LogP contribution in [0.2, 0.25) is 0 Å². The summed E-state index contributed by atoms with van der Waals surface area (Å²) in [5.74, 6) is -1.33. The normalized spacial score (nSPS) is 10.2. The van der Waals surface area contributed by atoms with E-state index in [9.17, 15) is 14.4 Å². The Morgan fingerprint density at radius 2 is 1.93 bits per heavy atom. The Hall–Kier alpha value is -3.36. The van der Waals surface area contributed by atoms with Crippen molar-refractivity contribution in [2.75, 3.05) is 33.9 Å². The largest absolute Gasteiger partial charge is 0.493 e. The minimum absolute atomic E-state index is 0.0394. The van der Waals surface area contributed by atoms with Gasteiger partial charge in [-0.05, 0) is 18.6 Å². The van der Waals surface area contributed by atoms with Crippen LogP contribution in [-0.2, 0) is 14.3 Å². The van der Waals surface area contributed by atoms with E-state index in [0.717, 1.165) is 12.1 Å². The molecule has 0 saturated heterocycles. The second-order valence-electron chi connectivity index (χ2n) is 6.00. The van der Waals surface area contributed by atoms with Gasteiger partial charge in [-0.2, -0.15) is 5.10 Å². The number of amides is 2. The van der Waals surface area contributed by atoms with E-state index >= 15 is 0 Å². The third-order valence-corrected chi connectivity index (χ3v) is 3.82. The Kier molecular flexibility index (Phi) is 7.55. The van der Waals surface area contributed by atoms with Crippen molar-refractivity contribution in [1.82, 2.24) is 20.0 Å². The Morgan fingerprint density at radius 3 is 2.57 bits per heavy atom. The number of likely N-dealkylation sites (N-methyl/N-ethyl adjacent to an activating group) is 1. The summed E-state index contributed by atoms with van der Waals surface area (Å²) in [5.41, 5.74) is 0.705. The summed E-state index contributed by atoms with van der Waals surface area (Å²) in [5, 5.41) is 6.86. The van der Waals surface area contributed by atoms with Crippen molar-refractivity contribution in [1.29, 1.82) is 0 Å². The van der Waals surface area contributed by atoms with Gasteiger partial charge in [-0.3, -0.25) is 9.59 Å². The first-order valence-electron chi connectivity index (χ1n) is 8.83. The Bertz CT molecular complexity index is 819. The second kappa shape index (κ2) is 10.1. The van der Waals surface area contributed by atoms with Crippen LogP contribution in [0.4, 0.5) is 0 Å². The van der Waals surface area contributed by atoms with Gasteiger partial charge in [0.1, 0.15) is 0 Å². The standard InChI is InChI=1S/C19H24N4O5/c1-4-10-20-16(24)12-22(2)17(25)13-28-19(26)18-15(27-3)11-23(21-18)14-8-6-5-7-9-14/h5-9,11H,4,10,12-13H2,1-3H3,(H,20,24). The van der Waals surface area contributed by atoms with E-state index in [1.54, 1.807) is 6.20 Å². The van der Waals surface area contributed by atoms with Gasteiger partial charge in [0.15, 0.2) is 12.4 Å². The third-order valence-electron chi connectivity index (χ3n) is 3.82. The van der Waals surface area contributed by atoms with Gasteiger partial charge in [-0.25, -0.2) is 9.48 Å². The lowest BCUT2D eigenvalue weighted by Crippen LogP contribution is -2.40. The fraction of sp³-hybridized carbons (Fsp3) is 0.368. The number of aromatic nitrogens is 2. The van der Waals surface area contributed by atoms with Crippen LogP contribution in [-0.4, -0.2) is 66.3 Å². The zero-order valence-corrected chi connectivity index (χ0v) is 16.2. The smallest absolute Gasteiger partial charge is 0.363 e. The molecule has 2 aromatic rings. The molecule has 0 aliphatic rings. The number of esters is 1. The molecule has 0 saturated carbocycles. The lowest BCUT2D eigenvalue weighted by molar-refractivity contribution is -0.137. The molecule has 0 fully saturated rings. The van der Waals surface area contributed by atoms with Gasteiger partial charge in [0.25, 0.3) is 5.91 Å². The molecule has 0 unspecified atom stereocenters. The third kappa shape index (κ3) is 5.57. The molecule has 150 valence electrons. The fourth-order valence-corrected chi connectivity index (χ4v) is 2.29. The van der Waals surface area contributed by atoms with E-state index in [-0.39, 0.29) is 23.9 Å². The molecule has 1 N–H and O–H groups in total. The molecule has 0 spiro atoms. The summed E-state index contributed by atoms with van der Waals surface area (Å²) in [4.78, 5) is 37.3. The molecule has 1 heterocycles. The maximum absolute atomic E-state index is 12.3. The van der Waals surface area contributed by atoms with Crippen molar-refractivity contribution in [2.24, 2.45) is 0 Å². The Labute approximate surface area is 163 Å². The Balaban J connectivity index is 1.96. The van der Waals surface area contributed by atoms with Crippen LogP contribution in [0.15, 0.2) is 36.5 Å². The number of hydrogen-bond donors (Lipinski definition) is 1. The molecule has 1 aromatic heterocycles. The number of carbonyl (C=O) groups is 3. The van der Waals surface area contributed by atoms with Crippen molar-refractivity contribution in [3.8, 4) is 11.4 Å². The summed E-state index contributed by atoms with van der Waals surface area (Å²) >= 11 is 0. The molecule has 0 radical (unpaired) electrons. The first-order valence-corrected chi connectivity index (χ1v) is 8.83. The minimum atomic E-state index is -0.788. The predicted octanol–water partition coefficient (Wildman–Crippen LogP) is 1.02. The fourth-order valence-electron chi connectivity index (χ4n) is 2.29. The van der Waals surface area contributed by atoms with Crippen LogP contribution in [0.3, 0.4) is 0 Å². The Morgan fingerprint density at radius 1 is 1.21 bits per heavy atom. The highest BCUT2D eigenvalue weighted by Gasteiger charge is 2.22. The van der Waals surface area contributed by atoms with Gasteiger partial charge in [-0.1, -0.05) is 25.1 Å². The van der Waals surface area contributed by atoms with Crippen LogP contribution >= 0.6 is 0 Å². The van der Waals surface area contributed by atoms with Gasteiger partial charge in [0.05, 0.1) is 25.5 Å². The number of para-hydroxylation sites is 1. The first-order chi connectivity index (χ1) is 13.5. The molecule has 9 heteroatoms. The molecule has 0 aliphatic carbocycles. The van der Waals surface area contributed by atoms with Gasteiger partial charge >= 0.3 is 5.97 Å². The van der Waals surface area contributed by atoms with E-state index in [0.29, 0.717) is 6.54 Å². The first kappa shape index (κ1) is 20.9. The van der Waals surface area contributed by atoms with E-state index in [1.807, 2.05) is 37.3 Å². The van der Waals surface area contributed by atoms with Crippen LogP contribution in [0.5, 0.6) is 5.75 Å². The average Bonchev–Trinajstić information content (AvgIpc) is 3.15. The van der Waals surface area contributed by atoms with Crippen molar-refractivity contribution < 1.29 is 23.9 Å². The molecule has 0 bridgehead atoms. The van der Waals surface area contributed by atoms with Crippen LogP contribution in [0.1, 0.15) is 23.8 Å². The van der Waals surface area contributed by atoms with Gasteiger partial charge in [0.2, 0.25) is 11.6 Å². The van der Waals surface area contributed by atoms with E-state index in [4.69, 9.17) is 9.47 Å². The molecular weight excluding hydrogens is 364 g/mol. The average molecular weight is 388 g/mol. The summed E-state index contributed by atoms with van der Waals surface area (Å²) in [6.45, 7) is 1.86. The highest BCUT2D eigenvalue weighted by molar-refractivity contribution is 5.92. The summed E-state index contributed by atoms with van der Waals surface area (Å²) in [6, 6.07) is 9.19. The molecule has 28 heavy (non-hydrogen) atoms. The molecular formula is C19H24N4O5. The molecule has 0 atom stereocenters. The minimum Gasteiger partial charge on any atom is -0.493 e. The second-order valence-corrected chi connectivity index (χ2v) is 6.00. The maximum Gasteiger partial charge on any atom is 0.363 e. The van der Waals surface area contributed by atoms with Crippen molar-refractivity contribution in [2.45, 2.75) is 13.3 Å². The molecule has 9 nitrogen and oxygen atoms in total. The summed E-state index contributed by atoms with van der Waals surface area (Å²) in [7, 11) is 2.88. The maximum atomic E-state index is 12.3. The van der Waals surface area contributed by atoms with E-state index in [1.165, 1.54) is 23.7 Å². The van der Waals surface area contributed by atoms with Gasteiger partial charge < -0.3 is 19.7 Å². The number of nitrogens with zero attached hydrogens (tertiary/aromatic N) is 3. The van der Waals surface area contributed by atoms with Crippen LogP contribution in [0, 0.1) is 0 Å². The molecule has 2 rings (SSSR count). The summed E-state index contributed by atoms with van der Waals surface area (Å²) < 4.78 is 11.7. The van der Waals surface area contributed by atoms with Gasteiger partial charge in [0, 0.05) is 13.6 Å². The summed E-state index contributed by atoms with van der Waals surface area (Å²) in [6.07, 6.45) is 2.36. The van der Waals surface area contributed by atoms with Gasteiger partial charge in [-0.15, -0.1) is 0 Å². The van der Waals surface area contributed by atoms with Crippen LogP contribution < -0.4 is 10.1 Å². The van der Waals surface area contributed by atoms with E-state index in [2.05, 4.69) is 10.4 Å². The lowest BCUT2D eigenvalue weighted by Gasteiger charge is -2.16. The molecule has 0 aliphatic heterocycles. The lowest BCUT2D eigenvalue weighted by atomic mass is 10.3. The van der Waals surface area contributed by atoms with Crippen LogP contribution in [0.25, 0.3) is 5.69 Å². The highest BCUT2D eigenvalue weighted by Crippen LogP contribution is 2.20. The predicted molar refractivity (Wildman–Crippen MR) is 101 cm³/mol. The number of nitrogens with one attached hydrogen (secondary N) is 1. The van der Waals surface area contributed by atoms with Crippen molar-refractivity contribution >= 4 is 17.8 Å². The van der Waals surface area contributed by atoms with E-state index < -0.39 is 18.5 Å². The number of hydrogen-bond acceptors (Lipinski definition) is 6. The number of methoxy groups -OCH3 is 1. The number of rotatable bonds is 9. The zero-order chi connectivity index (χ0) is 20.5. The SMILES string of the molecule is CCCNC(=O)CN(C)C(=O)COC(=O)c1nn(-c2ccccc2)cc1OC. The number of carbonyl (C=O) groups excluding carboxylic acids is 3. The van der Waals surface area contributed by atoms with Crippen molar-refractivity contribution in [3.05, 3.63) is 42.2 Å². The number of benzene rings is 1.